The molecule has 0 amide bonds. The predicted octanol–water partition coefficient (Wildman–Crippen LogP) is 9.58. The largest absolute Gasteiger partial charge is 0.508 e. The third kappa shape index (κ3) is 9.99. The summed E-state index contributed by atoms with van der Waals surface area (Å²) in [4.78, 5) is 19.1. The molecule has 9 nitrogen and oxygen atoms in total. The first kappa shape index (κ1) is 35.3. The molecule has 0 saturated carbocycles. The number of anilines is 4. The van der Waals surface area contributed by atoms with Crippen LogP contribution in [0.4, 0.5) is 22.7 Å². The van der Waals surface area contributed by atoms with Gasteiger partial charge in [0, 0.05) is 24.6 Å². The number of benzene rings is 4. The highest BCUT2D eigenvalue weighted by atomic mass is 16.7. The number of rotatable bonds is 13. The van der Waals surface area contributed by atoms with Crippen molar-refractivity contribution in [3.8, 4) is 33.8 Å². The fourth-order valence-electron chi connectivity index (χ4n) is 5.00. The number of phenolic OH excluding ortho intramolecular Hbond substituents is 1. The molecular formula is C41H40N4O5. The normalized spacial score (nSPS) is 10.6. The molecule has 3 N–H and O–H groups in total. The van der Waals surface area contributed by atoms with E-state index >= 15 is 0 Å². The van der Waals surface area contributed by atoms with Crippen molar-refractivity contribution in [2.75, 3.05) is 31.0 Å². The third-order valence-electron chi connectivity index (χ3n) is 7.50. The van der Waals surface area contributed by atoms with Crippen molar-refractivity contribution in [1.29, 1.82) is 0 Å². The monoisotopic (exact) mass is 668 g/mol. The van der Waals surface area contributed by atoms with Crippen molar-refractivity contribution in [1.82, 2.24) is 9.97 Å². The van der Waals surface area contributed by atoms with E-state index in [9.17, 15) is 9.90 Å². The van der Waals surface area contributed by atoms with Crippen molar-refractivity contribution >= 4 is 29.0 Å². The number of nitrogens with zero attached hydrogens (tertiary/aromatic N) is 2. The SMILES string of the molecule is CCOC(OCC)c1ccc(Nc2ccc(-c3cccc(OC)c3)cc2)cn1.O=Cc1ccc(Nc2ccc(-c3cccc(O)c3)cc2)cn1. The molecule has 0 aliphatic carbocycles. The maximum Gasteiger partial charge on any atom is 0.201 e. The van der Waals surface area contributed by atoms with Crippen molar-refractivity contribution in [2.24, 2.45) is 0 Å². The van der Waals surface area contributed by atoms with Gasteiger partial charge in [0.25, 0.3) is 0 Å². The molecule has 0 unspecified atom stereocenters. The number of ether oxygens (including phenoxy) is 3. The van der Waals surface area contributed by atoms with Gasteiger partial charge in [-0.2, -0.15) is 0 Å². The number of aromatic nitrogens is 2. The van der Waals surface area contributed by atoms with Gasteiger partial charge in [0.1, 0.15) is 17.2 Å². The predicted molar refractivity (Wildman–Crippen MR) is 198 cm³/mol. The van der Waals surface area contributed by atoms with E-state index in [1.165, 1.54) is 0 Å². The second-order valence-corrected chi connectivity index (χ2v) is 11.0. The van der Waals surface area contributed by atoms with Crippen LogP contribution >= 0.6 is 0 Å². The molecule has 2 heterocycles. The lowest BCUT2D eigenvalue weighted by Gasteiger charge is -2.16. The van der Waals surface area contributed by atoms with Gasteiger partial charge in [-0.1, -0.05) is 48.5 Å². The molecule has 6 rings (SSSR count). The van der Waals surface area contributed by atoms with Crippen LogP contribution in [-0.4, -0.2) is 41.7 Å². The molecule has 0 spiro atoms. The average Bonchev–Trinajstić information content (AvgIpc) is 3.16. The van der Waals surface area contributed by atoms with Crippen LogP contribution < -0.4 is 15.4 Å². The molecule has 2 aromatic heterocycles. The van der Waals surface area contributed by atoms with Gasteiger partial charge in [-0.05, 0) is 109 Å². The zero-order chi connectivity index (χ0) is 35.1. The number of aldehydes is 1. The molecular weight excluding hydrogens is 628 g/mol. The van der Waals surface area contributed by atoms with E-state index in [1.807, 2.05) is 92.7 Å². The molecule has 6 aromatic rings. The molecule has 50 heavy (non-hydrogen) atoms. The number of carbonyl (C=O) groups excluding carboxylic acids is 1. The molecule has 0 saturated heterocycles. The topological polar surface area (TPSA) is 115 Å². The number of pyridine rings is 2. The lowest BCUT2D eigenvalue weighted by atomic mass is 10.1. The zero-order valence-electron chi connectivity index (χ0n) is 28.2. The second kappa shape index (κ2) is 17.9. The number of nitrogens with one attached hydrogen (secondary N) is 2. The van der Waals surface area contributed by atoms with Gasteiger partial charge in [0.15, 0.2) is 6.29 Å². The van der Waals surface area contributed by atoms with Gasteiger partial charge in [-0.3, -0.25) is 14.8 Å². The van der Waals surface area contributed by atoms with Crippen LogP contribution in [0.15, 0.2) is 134 Å². The van der Waals surface area contributed by atoms with Crippen molar-refractivity contribution in [3.05, 3.63) is 145 Å². The summed E-state index contributed by atoms with van der Waals surface area (Å²) in [6, 6.07) is 38.6. The molecule has 0 aliphatic heterocycles. The van der Waals surface area contributed by atoms with E-state index in [0.717, 1.165) is 56.4 Å². The first-order valence-electron chi connectivity index (χ1n) is 16.3. The molecule has 0 atom stereocenters. The highest BCUT2D eigenvalue weighted by Crippen LogP contribution is 2.28. The summed E-state index contributed by atoms with van der Waals surface area (Å²) in [6.45, 7) is 5.03. The summed E-state index contributed by atoms with van der Waals surface area (Å²) in [5.74, 6) is 1.10. The Balaban J connectivity index is 0.000000200. The fraction of sp³-hybridized carbons (Fsp3) is 0.146. The van der Waals surface area contributed by atoms with E-state index in [-0.39, 0.29) is 5.75 Å². The molecule has 0 fully saturated rings. The van der Waals surface area contributed by atoms with Crippen LogP contribution in [0.5, 0.6) is 11.5 Å². The van der Waals surface area contributed by atoms with E-state index in [1.54, 1.807) is 43.8 Å². The average molecular weight is 669 g/mol. The van der Waals surface area contributed by atoms with E-state index in [0.29, 0.717) is 25.2 Å². The molecule has 0 aliphatic rings. The van der Waals surface area contributed by atoms with Gasteiger partial charge in [0.05, 0.1) is 36.6 Å². The highest BCUT2D eigenvalue weighted by Gasteiger charge is 2.12. The maximum atomic E-state index is 10.6. The van der Waals surface area contributed by atoms with Gasteiger partial charge in [-0.25, -0.2) is 0 Å². The lowest BCUT2D eigenvalue weighted by Crippen LogP contribution is -2.10. The van der Waals surface area contributed by atoms with E-state index < -0.39 is 6.29 Å². The second-order valence-electron chi connectivity index (χ2n) is 11.0. The molecule has 0 radical (unpaired) electrons. The van der Waals surface area contributed by atoms with Crippen molar-refractivity contribution < 1.29 is 24.1 Å². The smallest absolute Gasteiger partial charge is 0.201 e. The van der Waals surface area contributed by atoms with E-state index in [4.69, 9.17) is 14.2 Å². The number of aromatic hydroxyl groups is 1. The van der Waals surface area contributed by atoms with Crippen LogP contribution in [0.25, 0.3) is 22.3 Å². The maximum absolute atomic E-state index is 10.6. The Morgan fingerprint density at radius 2 is 1.18 bits per heavy atom. The lowest BCUT2D eigenvalue weighted by molar-refractivity contribution is -0.142. The van der Waals surface area contributed by atoms with Crippen LogP contribution in [-0.2, 0) is 9.47 Å². The Hall–Kier alpha value is -6.03. The summed E-state index contributed by atoms with van der Waals surface area (Å²) in [7, 11) is 1.68. The molecule has 4 aromatic carbocycles. The van der Waals surface area contributed by atoms with Gasteiger partial charge in [0.2, 0.25) is 6.29 Å². The Labute approximate surface area is 292 Å². The number of carbonyl (C=O) groups is 1. The Bertz CT molecular complexity index is 1930. The first-order valence-corrected chi connectivity index (χ1v) is 16.3. The van der Waals surface area contributed by atoms with Gasteiger partial charge in [-0.15, -0.1) is 0 Å². The summed E-state index contributed by atoms with van der Waals surface area (Å²) < 4.78 is 16.5. The van der Waals surface area contributed by atoms with Crippen molar-refractivity contribution in [3.63, 3.8) is 0 Å². The quantitative estimate of drug-likeness (QED) is 0.0817. The van der Waals surface area contributed by atoms with Gasteiger partial charge < -0.3 is 30.0 Å². The summed E-state index contributed by atoms with van der Waals surface area (Å²) in [6.07, 6.45) is 3.70. The highest BCUT2D eigenvalue weighted by molar-refractivity contribution is 5.73. The van der Waals surface area contributed by atoms with Crippen LogP contribution in [0, 0.1) is 0 Å². The van der Waals surface area contributed by atoms with Gasteiger partial charge >= 0.3 is 0 Å². The Morgan fingerprint density at radius 3 is 1.66 bits per heavy atom. The molecule has 0 bridgehead atoms. The van der Waals surface area contributed by atoms with Crippen molar-refractivity contribution in [2.45, 2.75) is 20.1 Å². The zero-order valence-corrected chi connectivity index (χ0v) is 28.2. The first-order chi connectivity index (χ1) is 24.5. The number of phenols is 1. The van der Waals surface area contributed by atoms with E-state index in [2.05, 4.69) is 38.8 Å². The number of methoxy groups -OCH3 is 1. The summed E-state index contributed by atoms with van der Waals surface area (Å²) in [5.41, 5.74) is 9.05. The summed E-state index contributed by atoms with van der Waals surface area (Å²) in [5, 5.41) is 16.1. The number of hydrogen-bond donors (Lipinski definition) is 3. The Morgan fingerprint density at radius 1 is 0.640 bits per heavy atom. The minimum Gasteiger partial charge on any atom is -0.508 e. The minimum absolute atomic E-state index is 0.251. The Kier molecular flexibility index (Phi) is 12.7. The molecule has 9 heteroatoms. The van der Waals surface area contributed by atoms with Crippen LogP contribution in [0.3, 0.4) is 0 Å². The third-order valence-corrected chi connectivity index (χ3v) is 7.50. The fourth-order valence-corrected chi connectivity index (χ4v) is 5.00. The molecule has 254 valence electrons. The summed E-state index contributed by atoms with van der Waals surface area (Å²) >= 11 is 0. The minimum atomic E-state index is -0.425. The van der Waals surface area contributed by atoms with Crippen LogP contribution in [0.1, 0.15) is 36.3 Å². The standard InChI is InChI=1S/C23H26N2O3.C18H14N2O2/c1-4-27-23(28-5-2)22-14-13-20(16-24-22)25-19-11-9-17(10-12-19)18-7-6-8-21(15-18)26-3;21-12-17-9-8-16(11-19-17)20-15-6-4-13(5-7-15)14-2-1-3-18(22)10-14/h6-16,23,25H,4-5H2,1-3H3;1-12,20,22H. The van der Waals surface area contributed by atoms with Crippen LogP contribution in [0.2, 0.25) is 0 Å². The number of hydrogen-bond acceptors (Lipinski definition) is 9.